The molecule has 1 N–H and O–H groups in total. The van der Waals surface area contributed by atoms with Crippen LogP contribution in [0.4, 0.5) is 0 Å². The molecule has 0 spiro atoms. The van der Waals surface area contributed by atoms with Crippen LogP contribution in [-0.2, 0) is 6.54 Å². The van der Waals surface area contributed by atoms with Gasteiger partial charge in [-0.2, -0.15) is 0 Å². The summed E-state index contributed by atoms with van der Waals surface area (Å²) in [5.41, 5.74) is 1.24. The predicted octanol–water partition coefficient (Wildman–Crippen LogP) is 4.51. The molecular weight excluding hydrogens is 361 g/mol. The summed E-state index contributed by atoms with van der Waals surface area (Å²) in [6, 6.07) is 13.8. The molecule has 1 heterocycles. The molecule has 1 aromatic heterocycles. The number of hydrogen-bond acceptors (Lipinski definition) is 4. The Kier molecular flexibility index (Phi) is 5.48. The van der Waals surface area contributed by atoms with Crippen molar-refractivity contribution in [2.24, 2.45) is 0 Å². The minimum absolute atomic E-state index is 0.216. The summed E-state index contributed by atoms with van der Waals surface area (Å²) >= 11 is 12.0. The highest BCUT2D eigenvalue weighted by molar-refractivity contribution is 6.35. The van der Waals surface area contributed by atoms with Crippen LogP contribution in [0.15, 0.2) is 60.9 Å². The van der Waals surface area contributed by atoms with Gasteiger partial charge in [0.2, 0.25) is 0 Å². The molecule has 0 aliphatic carbocycles. The zero-order valence-corrected chi connectivity index (χ0v) is 14.5. The first-order chi connectivity index (χ1) is 12.1. The van der Waals surface area contributed by atoms with Gasteiger partial charge in [0.1, 0.15) is 5.75 Å². The largest absolute Gasteiger partial charge is 0.424 e. The third-order valence-electron chi connectivity index (χ3n) is 3.30. The summed E-state index contributed by atoms with van der Waals surface area (Å²) in [6.45, 7) is 0.293. The minimum Gasteiger partial charge on any atom is -0.424 e. The molecule has 0 aliphatic rings. The Balaban J connectivity index is 1.67. The Morgan fingerprint density at radius 2 is 1.84 bits per heavy atom. The van der Waals surface area contributed by atoms with Crippen LogP contribution in [0.25, 0.3) is 0 Å². The molecule has 0 fully saturated rings. The monoisotopic (exact) mass is 373 g/mol. The molecule has 0 aliphatic heterocycles. The van der Waals surface area contributed by atoms with Crippen molar-refractivity contribution in [2.75, 3.05) is 0 Å². The number of rotatable bonds is 5. The molecule has 1 amide bonds. The van der Waals surface area contributed by atoms with Crippen molar-refractivity contribution in [2.45, 2.75) is 6.54 Å². The van der Waals surface area contributed by atoms with Gasteiger partial charge in [0.15, 0.2) is 0 Å². The fourth-order valence-electron chi connectivity index (χ4n) is 2.09. The van der Waals surface area contributed by atoms with Gasteiger partial charge in [-0.3, -0.25) is 4.79 Å². The Hall–Kier alpha value is -2.63. The summed E-state index contributed by atoms with van der Waals surface area (Å²) in [4.78, 5) is 20.3. The van der Waals surface area contributed by atoms with Crippen molar-refractivity contribution < 1.29 is 9.53 Å². The number of aromatic nitrogens is 2. The van der Waals surface area contributed by atoms with E-state index in [0.29, 0.717) is 27.9 Å². The first-order valence-corrected chi connectivity index (χ1v) is 8.14. The number of hydrogen-bond donors (Lipinski definition) is 1. The Labute approximate surface area is 154 Å². The van der Waals surface area contributed by atoms with Crippen LogP contribution in [0.3, 0.4) is 0 Å². The Morgan fingerprint density at radius 1 is 1.04 bits per heavy atom. The van der Waals surface area contributed by atoms with E-state index < -0.39 is 0 Å². The number of carbonyl (C=O) groups is 1. The van der Waals surface area contributed by atoms with Gasteiger partial charge in [-0.25, -0.2) is 9.97 Å². The van der Waals surface area contributed by atoms with E-state index in [9.17, 15) is 4.79 Å². The average Bonchev–Trinajstić information content (AvgIpc) is 2.62. The van der Waals surface area contributed by atoms with Crippen molar-refractivity contribution in [1.29, 1.82) is 0 Å². The van der Waals surface area contributed by atoms with E-state index in [1.54, 1.807) is 60.9 Å². The van der Waals surface area contributed by atoms with Crippen molar-refractivity contribution in [3.05, 3.63) is 82.1 Å². The van der Waals surface area contributed by atoms with Gasteiger partial charge >= 0.3 is 6.01 Å². The molecule has 7 heteroatoms. The van der Waals surface area contributed by atoms with Crippen LogP contribution >= 0.6 is 23.2 Å². The second-order valence-corrected chi connectivity index (χ2v) is 5.92. The van der Waals surface area contributed by atoms with E-state index >= 15 is 0 Å². The molecule has 2 aromatic carbocycles. The summed E-state index contributed by atoms with van der Waals surface area (Å²) in [7, 11) is 0. The normalized spacial score (nSPS) is 10.3. The molecule has 0 radical (unpaired) electrons. The molecule has 0 unspecified atom stereocenters. The molecular formula is C18H13Cl2N3O2. The standard InChI is InChI=1S/C18H13Cl2N3O2/c19-14-6-5-13(16(20)10-14)11-23-17(24)12-3-1-4-15(9-12)25-18-21-7-2-8-22-18/h1-10H,11H2,(H,23,24). The van der Waals surface area contributed by atoms with Crippen molar-refractivity contribution in [3.63, 3.8) is 0 Å². The van der Waals surface area contributed by atoms with E-state index in [2.05, 4.69) is 15.3 Å². The quantitative estimate of drug-likeness (QED) is 0.714. The van der Waals surface area contributed by atoms with E-state index in [4.69, 9.17) is 27.9 Å². The molecule has 0 bridgehead atoms. The molecule has 126 valence electrons. The second-order valence-electron chi connectivity index (χ2n) is 5.08. The van der Waals surface area contributed by atoms with Gasteiger partial charge in [-0.1, -0.05) is 35.3 Å². The van der Waals surface area contributed by atoms with Crippen LogP contribution < -0.4 is 10.1 Å². The van der Waals surface area contributed by atoms with Gasteiger partial charge < -0.3 is 10.1 Å². The average molecular weight is 374 g/mol. The van der Waals surface area contributed by atoms with Crippen LogP contribution in [0, 0.1) is 0 Å². The van der Waals surface area contributed by atoms with Crippen molar-refractivity contribution >= 4 is 29.1 Å². The summed E-state index contributed by atoms with van der Waals surface area (Å²) in [5, 5.41) is 3.87. The lowest BCUT2D eigenvalue weighted by molar-refractivity contribution is 0.0950. The van der Waals surface area contributed by atoms with Crippen LogP contribution in [-0.4, -0.2) is 15.9 Å². The number of benzene rings is 2. The summed E-state index contributed by atoms with van der Waals surface area (Å²) in [6.07, 6.45) is 3.16. The molecule has 0 saturated heterocycles. The predicted molar refractivity (Wildman–Crippen MR) is 96.2 cm³/mol. The lowest BCUT2D eigenvalue weighted by Crippen LogP contribution is -2.22. The lowest BCUT2D eigenvalue weighted by Gasteiger charge is -2.09. The Bertz CT molecular complexity index is 888. The fraction of sp³-hybridized carbons (Fsp3) is 0.0556. The first-order valence-electron chi connectivity index (χ1n) is 7.39. The van der Waals surface area contributed by atoms with Gasteiger partial charge in [-0.15, -0.1) is 0 Å². The number of nitrogens with zero attached hydrogens (tertiary/aromatic N) is 2. The molecule has 25 heavy (non-hydrogen) atoms. The zero-order chi connectivity index (χ0) is 17.6. The number of amides is 1. The van der Waals surface area contributed by atoms with Crippen molar-refractivity contribution in [1.82, 2.24) is 15.3 Å². The number of ether oxygens (including phenoxy) is 1. The number of carbonyl (C=O) groups excluding carboxylic acids is 1. The highest BCUT2D eigenvalue weighted by atomic mass is 35.5. The molecule has 3 aromatic rings. The molecule has 5 nitrogen and oxygen atoms in total. The summed E-state index contributed by atoms with van der Waals surface area (Å²) < 4.78 is 5.53. The van der Waals surface area contributed by atoms with E-state index in [1.807, 2.05) is 0 Å². The first kappa shape index (κ1) is 17.2. The van der Waals surface area contributed by atoms with Crippen molar-refractivity contribution in [3.8, 4) is 11.8 Å². The van der Waals surface area contributed by atoms with Crippen LogP contribution in [0.2, 0.25) is 10.0 Å². The minimum atomic E-state index is -0.245. The van der Waals surface area contributed by atoms with Crippen LogP contribution in [0.5, 0.6) is 11.8 Å². The third kappa shape index (κ3) is 4.68. The molecule has 0 saturated carbocycles. The highest BCUT2D eigenvalue weighted by Crippen LogP contribution is 2.21. The van der Waals surface area contributed by atoms with Gasteiger partial charge in [0.05, 0.1) is 0 Å². The zero-order valence-electron chi connectivity index (χ0n) is 12.9. The SMILES string of the molecule is O=C(NCc1ccc(Cl)cc1Cl)c1cccc(Oc2ncccn2)c1. The summed E-state index contributed by atoms with van der Waals surface area (Å²) in [5.74, 6) is 0.230. The number of nitrogens with one attached hydrogen (secondary N) is 1. The molecule has 0 atom stereocenters. The lowest BCUT2D eigenvalue weighted by atomic mass is 10.2. The maximum atomic E-state index is 12.3. The maximum Gasteiger partial charge on any atom is 0.321 e. The van der Waals surface area contributed by atoms with Gasteiger partial charge in [0, 0.05) is 34.5 Å². The van der Waals surface area contributed by atoms with Crippen LogP contribution in [0.1, 0.15) is 15.9 Å². The number of halogens is 2. The maximum absolute atomic E-state index is 12.3. The van der Waals surface area contributed by atoms with E-state index in [0.717, 1.165) is 5.56 Å². The third-order valence-corrected chi connectivity index (χ3v) is 3.89. The second kappa shape index (κ2) is 7.96. The fourth-order valence-corrected chi connectivity index (χ4v) is 2.56. The van der Waals surface area contributed by atoms with E-state index in [-0.39, 0.29) is 11.9 Å². The molecule has 3 rings (SSSR count). The highest BCUT2D eigenvalue weighted by Gasteiger charge is 2.09. The van der Waals surface area contributed by atoms with Gasteiger partial charge in [-0.05, 0) is 42.0 Å². The van der Waals surface area contributed by atoms with E-state index in [1.165, 1.54) is 0 Å². The van der Waals surface area contributed by atoms with Gasteiger partial charge in [0.25, 0.3) is 5.91 Å². The smallest absolute Gasteiger partial charge is 0.321 e. The topological polar surface area (TPSA) is 64.1 Å². The Morgan fingerprint density at radius 3 is 2.60 bits per heavy atom.